The molecule has 9 heteroatoms. The molecular formula is C17H21F3N4O2. The van der Waals surface area contributed by atoms with Gasteiger partial charge in [0.15, 0.2) is 0 Å². The third-order valence-electron chi connectivity index (χ3n) is 4.00. The standard InChI is InChI=1S/C17H21F3N4O2/c1-4-11(2)22-14(10-26-3)15(25)21-9-12-5-7-13(8-6-12)16(23-24-16)17(18,19)20/h4-8,14,22H,9-10H2,1-3H3,(H,21,25)/t14-/m1/s1. The van der Waals surface area contributed by atoms with Crippen LogP contribution in [-0.4, -0.2) is 31.8 Å². The lowest BCUT2D eigenvalue weighted by molar-refractivity contribution is -0.166. The van der Waals surface area contributed by atoms with Crippen molar-refractivity contribution in [3.8, 4) is 0 Å². The van der Waals surface area contributed by atoms with Crippen LogP contribution in [0, 0.1) is 0 Å². The molecule has 26 heavy (non-hydrogen) atoms. The summed E-state index contributed by atoms with van der Waals surface area (Å²) in [6.45, 7) is 4.05. The quantitative estimate of drug-likeness (QED) is 0.739. The first-order chi connectivity index (χ1) is 12.2. The minimum Gasteiger partial charge on any atom is -0.382 e. The summed E-state index contributed by atoms with van der Waals surface area (Å²) >= 11 is 0. The highest BCUT2D eigenvalue weighted by atomic mass is 19.4. The van der Waals surface area contributed by atoms with Gasteiger partial charge in [0.1, 0.15) is 6.04 Å². The molecule has 142 valence electrons. The van der Waals surface area contributed by atoms with Gasteiger partial charge in [0.05, 0.1) is 6.61 Å². The number of halogens is 3. The summed E-state index contributed by atoms with van der Waals surface area (Å²) in [7, 11) is 1.50. The highest BCUT2D eigenvalue weighted by Crippen LogP contribution is 2.52. The summed E-state index contributed by atoms with van der Waals surface area (Å²) in [5.41, 5.74) is -0.964. The lowest BCUT2D eigenvalue weighted by Gasteiger charge is -2.19. The Balaban J connectivity index is 1.96. The van der Waals surface area contributed by atoms with Crippen LogP contribution in [0.25, 0.3) is 0 Å². The number of alkyl halides is 3. The predicted octanol–water partition coefficient (Wildman–Crippen LogP) is 3.01. The van der Waals surface area contributed by atoms with Gasteiger partial charge in [-0.2, -0.15) is 13.2 Å². The number of carbonyl (C=O) groups is 1. The van der Waals surface area contributed by atoms with Gasteiger partial charge in [-0.3, -0.25) is 4.79 Å². The molecule has 0 unspecified atom stereocenters. The summed E-state index contributed by atoms with van der Waals surface area (Å²) in [6.07, 6.45) is -2.72. The second-order valence-electron chi connectivity index (χ2n) is 5.91. The van der Waals surface area contributed by atoms with E-state index in [0.717, 1.165) is 5.70 Å². The lowest BCUT2D eigenvalue weighted by Crippen LogP contribution is -2.46. The average molecular weight is 370 g/mol. The molecule has 0 aliphatic carbocycles. The summed E-state index contributed by atoms with van der Waals surface area (Å²) in [5, 5.41) is 12.1. The Hall–Kier alpha value is -2.42. The van der Waals surface area contributed by atoms with Gasteiger partial charge in [0, 0.05) is 24.9 Å². The van der Waals surface area contributed by atoms with Gasteiger partial charge in [0.2, 0.25) is 5.91 Å². The van der Waals surface area contributed by atoms with E-state index in [4.69, 9.17) is 4.74 Å². The van der Waals surface area contributed by atoms with Crippen molar-refractivity contribution in [3.05, 3.63) is 47.2 Å². The van der Waals surface area contributed by atoms with Crippen LogP contribution in [0.5, 0.6) is 0 Å². The molecule has 2 N–H and O–H groups in total. The number of nitrogens with zero attached hydrogens (tertiary/aromatic N) is 2. The highest BCUT2D eigenvalue weighted by molar-refractivity contribution is 5.82. The Kier molecular flexibility index (Phi) is 6.01. The van der Waals surface area contributed by atoms with Crippen LogP contribution in [0.4, 0.5) is 13.2 Å². The zero-order chi connectivity index (χ0) is 19.4. The molecule has 0 radical (unpaired) electrons. The summed E-state index contributed by atoms with van der Waals surface area (Å²) in [4.78, 5) is 12.3. The van der Waals surface area contributed by atoms with Crippen molar-refractivity contribution >= 4 is 5.91 Å². The third kappa shape index (κ3) is 4.40. The number of benzene rings is 1. The summed E-state index contributed by atoms with van der Waals surface area (Å²) < 4.78 is 43.9. The molecule has 1 aromatic carbocycles. The molecular weight excluding hydrogens is 349 g/mol. The molecule has 1 atom stereocenters. The number of hydrogen-bond acceptors (Lipinski definition) is 5. The van der Waals surface area contributed by atoms with Crippen LogP contribution in [0.2, 0.25) is 0 Å². The minimum absolute atomic E-state index is 0.0392. The zero-order valence-electron chi connectivity index (χ0n) is 14.7. The van der Waals surface area contributed by atoms with E-state index in [1.165, 1.54) is 31.4 Å². The second-order valence-corrected chi connectivity index (χ2v) is 5.91. The van der Waals surface area contributed by atoms with E-state index in [2.05, 4.69) is 20.9 Å². The molecule has 1 heterocycles. The molecule has 6 nitrogen and oxygen atoms in total. The molecule has 1 aliphatic heterocycles. The first-order valence-corrected chi connectivity index (χ1v) is 8.00. The van der Waals surface area contributed by atoms with Gasteiger partial charge in [0.25, 0.3) is 0 Å². The van der Waals surface area contributed by atoms with Gasteiger partial charge < -0.3 is 15.4 Å². The van der Waals surface area contributed by atoms with Gasteiger partial charge in [-0.25, -0.2) is 0 Å². The SMILES string of the molecule is CC=C(C)N[C@H](COC)C(=O)NCc1ccc(C2(C(F)(F)F)N=N2)cc1. The fourth-order valence-corrected chi connectivity index (χ4v) is 2.32. The van der Waals surface area contributed by atoms with Crippen molar-refractivity contribution in [1.29, 1.82) is 0 Å². The zero-order valence-corrected chi connectivity index (χ0v) is 14.7. The van der Waals surface area contributed by atoms with E-state index in [1.54, 1.807) is 0 Å². The number of hydrogen-bond donors (Lipinski definition) is 2. The molecule has 0 saturated heterocycles. The lowest BCUT2D eigenvalue weighted by atomic mass is 10.0. The maximum absolute atomic E-state index is 13.0. The molecule has 1 aromatic rings. The first kappa shape index (κ1) is 19.9. The van der Waals surface area contributed by atoms with Crippen LogP contribution in [0.1, 0.15) is 25.0 Å². The van der Waals surface area contributed by atoms with Crippen LogP contribution >= 0.6 is 0 Å². The maximum Gasteiger partial charge on any atom is 0.442 e. The van der Waals surface area contributed by atoms with Gasteiger partial charge >= 0.3 is 11.8 Å². The highest BCUT2D eigenvalue weighted by Gasteiger charge is 2.65. The van der Waals surface area contributed by atoms with Gasteiger partial charge in [-0.15, -0.1) is 10.2 Å². The first-order valence-electron chi connectivity index (χ1n) is 8.00. The van der Waals surface area contributed by atoms with Crippen LogP contribution in [0.3, 0.4) is 0 Å². The van der Waals surface area contributed by atoms with Crippen molar-refractivity contribution < 1.29 is 22.7 Å². The number of methoxy groups -OCH3 is 1. The topological polar surface area (TPSA) is 75.1 Å². The Morgan fingerprint density at radius 3 is 2.38 bits per heavy atom. The monoisotopic (exact) mass is 370 g/mol. The fourth-order valence-electron chi connectivity index (χ4n) is 2.32. The maximum atomic E-state index is 13.0. The largest absolute Gasteiger partial charge is 0.442 e. The number of amides is 1. The summed E-state index contributed by atoms with van der Waals surface area (Å²) in [5.74, 6) is -0.268. The number of ether oxygens (including phenoxy) is 1. The third-order valence-corrected chi connectivity index (χ3v) is 4.00. The molecule has 1 amide bonds. The molecule has 0 aromatic heterocycles. The van der Waals surface area contributed by atoms with E-state index in [1.807, 2.05) is 19.9 Å². The van der Waals surface area contributed by atoms with E-state index < -0.39 is 17.9 Å². The van der Waals surface area contributed by atoms with Crippen LogP contribution in [0.15, 0.2) is 46.3 Å². The second kappa shape index (κ2) is 7.86. The number of nitrogens with one attached hydrogen (secondary N) is 2. The molecule has 0 bridgehead atoms. The Morgan fingerprint density at radius 1 is 1.31 bits per heavy atom. The molecule has 0 saturated carbocycles. The normalized spacial score (nSPS) is 16.9. The van der Waals surface area contributed by atoms with Crippen molar-refractivity contribution in [1.82, 2.24) is 10.6 Å². The Labute approximate surface area is 149 Å². The van der Waals surface area contributed by atoms with Crippen molar-refractivity contribution in [3.63, 3.8) is 0 Å². The number of carbonyl (C=O) groups excluding carboxylic acids is 1. The van der Waals surface area contributed by atoms with E-state index in [0.29, 0.717) is 5.56 Å². The van der Waals surface area contributed by atoms with Crippen molar-refractivity contribution in [2.45, 2.75) is 38.3 Å². The number of rotatable bonds is 8. The summed E-state index contributed by atoms with van der Waals surface area (Å²) in [6, 6.07) is 5.12. The predicted molar refractivity (Wildman–Crippen MR) is 89.1 cm³/mol. The van der Waals surface area contributed by atoms with Crippen LogP contribution in [-0.2, 0) is 21.7 Å². The smallest absolute Gasteiger partial charge is 0.382 e. The molecule has 0 fully saturated rings. The molecule has 2 rings (SSSR count). The number of allylic oxidation sites excluding steroid dienone is 2. The Bertz CT molecular complexity index is 693. The molecule has 0 spiro atoms. The van der Waals surface area contributed by atoms with Crippen molar-refractivity contribution in [2.24, 2.45) is 10.2 Å². The van der Waals surface area contributed by atoms with E-state index in [-0.39, 0.29) is 24.6 Å². The minimum atomic E-state index is -4.55. The van der Waals surface area contributed by atoms with Crippen LogP contribution < -0.4 is 10.6 Å². The van der Waals surface area contributed by atoms with Crippen molar-refractivity contribution in [2.75, 3.05) is 13.7 Å². The average Bonchev–Trinajstić information content (AvgIpc) is 3.41. The fraction of sp³-hybridized carbons (Fsp3) is 0.471. The van der Waals surface area contributed by atoms with Gasteiger partial charge in [-0.1, -0.05) is 30.3 Å². The van der Waals surface area contributed by atoms with Gasteiger partial charge in [-0.05, 0) is 19.4 Å². The Morgan fingerprint density at radius 2 is 1.92 bits per heavy atom. The van der Waals surface area contributed by atoms with E-state index in [9.17, 15) is 18.0 Å². The molecule has 1 aliphatic rings. The van der Waals surface area contributed by atoms with E-state index >= 15 is 0 Å².